The summed E-state index contributed by atoms with van der Waals surface area (Å²) in [6, 6.07) is 13.8. The van der Waals surface area contributed by atoms with Crippen molar-refractivity contribution >= 4 is 17.2 Å². The van der Waals surface area contributed by atoms with Crippen LogP contribution in [0.3, 0.4) is 0 Å². The molecule has 2 aromatic heterocycles. The van der Waals surface area contributed by atoms with Gasteiger partial charge in [-0.05, 0) is 11.6 Å². The highest BCUT2D eigenvalue weighted by molar-refractivity contribution is 7.09. The van der Waals surface area contributed by atoms with E-state index in [9.17, 15) is 9.90 Å². The van der Waals surface area contributed by atoms with Crippen LogP contribution in [0.15, 0.2) is 60.2 Å². The highest BCUT2D eigenvalue weighted by Gasteiger charge is 2.27. The first-order valence-corrected chi connectivity index (χ1v) is 10.1. The van der Waals surface area contributed by atoms with E-state index in [0.29, 0.717) is 26.2 Å². The molecule has 0 unspecified atom stereocenters. The Kier molecular flexibility index (Phi) is 5.76. The van der Waals surface area contributed by atoms with Crippen molar-refractivity contribution in [2.45, 2.75) is 19.2 Å². The Hall–Kier alpha value is -2.61. The topological polar surface area (TPSA) is 69.6 Å². The van der Waals surface area contributed by atoms with Crippen LogP contribution in [-0.2, 0) is 17.9 Å². The predicted molar refractivity (Wildman–Crippen MR) is 108 cm³/mol. The Morgan fingerprint density at radius 3 is 2.75 bits per heavy atom. The Morgan fingerprint density at radius 2 is 1.96 bits per heavy atom. The number of thiazole rings is 1. The minimum Gasteiger partial charge on any atom is -0.390 e. The van der Waals surface area contributed by atoms with Gasteiger partial charge in [0.1, 0.15) is 5.01 Å². The first-order valence-electron chi connectivity index (χ1n) is 9.24. The number of aromatic nitrogens is 2. The smallest absolute Gasteiger partial charge is 0.237 e. The molecule has 4 rings (SSSR count). The first kappa shape index (κ1) is 18.7. The van der Waals surface area contributed by atoms with Crippen LogP contribution in [0.5, 0.6) is 0 Å². The fraction of sp³-hybridized carbons (Fsp3) is 0.286. The lowest BCUT2D eigenvalue weighted by Gasteiger charge is -2.21. The van der Waals surface area contributed by atoms with E-state index in [4.69, 9.17) is 4.98 Å². The molecule has 1 saturated heterocycles. The van der Waals surface area contributed by atoms with Gasteiger partial charge in [0.25, 0.3) is 0 Å². The van der Waals surface area contributed by atoms with Crippen LogP contribution in [0.25, 0.3) is 11.3 Å². The average molecular weight is 395 g/mol. The van der Waals surface area contributed by atoms with Crippen LogP contribution < -0.4 is 0 Å². The molecular formula is C21H22N4O2S. The van der Waals surface area contributed by atoms with Crippen molar-refractivity contribution in [3.05, 3.63) is 70.8 Å². The minimum absolute atomic E-state index is 0.0141. The van der Waals surface area contributed by atoms with Crippen LogP contribution in [0, 0.1) is 0 Å². The second kappa shape index (κ2) is 8.60. The zero-order chi connectivity index (χ0) is 19.3. The van der Waals surface area contributed by atoms with Crippen LogP contribution >= 0.6 is 11.3 Å². The van der Waals surface area contributed by atoms with Crippen molar-refractivity contribution in [3.63, 3.8) is 0 Å². The molecule has 0 aliphatic carbocycles. The van der Waals surface area contributed by atoms with E-state index in [-0.39, 0.29) is 12.5 Å². The molecule has 7 heteroatoms. The standard InChI is InChI=1S/C21H22N4O2S/c26-18-11-24(13-20-23-19(15-28-20)17-6-2-1-3-7-17)14-21(27)25(12-18)10-16-5-4-8-22-9-16/h1-9,15,18,26H,10-14H2/t18-/m1/s1. The third kappa shape index (κ3) is 4.62. The number of β-amino-alcohol motifs (C(OH)–C–C–N with tert-alkyl or cyclic N) is 1. The number of aliphatic hydroxyl groups is 1. The lowest BCUT2D eigenvalue weighted by molar-refractivity contribution is -0.132. The average Bonchev–Trinajstić information content (AvgIpc) is 3.12. The number of amides is 1. The third-order valence-electron chi connectivity index (χ3n) is 4.69. The number of hydrogen-bond donors (Lipinski definition) is 1. The highest BCUT2D eigenvalue weighted by atomic mass is 32.1. The Balaban J connectivity index is 1.42. The molecule has 6 nitrogen and oxygen atoms in total. The fourth-order valence-corrected chi connectivity index (χ4v) is 4.21. The maximum Gasteiger partial charge on any atom is 0.237 e. The van der Waals surface area contributed by atoms with Crippen LogP contribution in [0.2, 0.25) is 0 Å². The SMILES string of the molecule is O=C1CN(Cc2nc(-c3ccccc3)cs2)C[C@@H](O)CN1Cc1cccnc1. The number of aliphatic hydroxyl groups excluding tert-OH is 1. The molecule has 1 N–H and O–H groups in total. The first-order chi connectivity index (χ1) is 13.7. The fourth-order valence-electron chi connectivity index (χ4n) is 3.37. The zero-order valence-electron chi connectivity index (χ0n) is 15.4. The van der Waals surface area contributed by atoms with Crippen molar-refractivity contribution in [1.29, 1.82) is 0 Å². The molecule has 1 amide bonds. The van der Waals surface area contributed by atoms with Gasteiger partial charge >= 0.3 is 0 Å². The van der Waals surface area contributed by atoms with E-state index in [0.717, 1.165) is 21.8 Å². The predicted octanol–water partition coefficient (Wildman–Crippen LogP) is 2.41. The van der Waals surface area contributed by atoms with E-state index in [1.54, 1.807) is 28.6 Å². The van der Waals surface area contributed by atoms with Crippen molar-refractivity contribution in [2.75, 3.05) is 19.6 Å². The lowest BCUT2D eigenvalue weighted by Crippen LogP contribution is -2.36. The summed E-state index contributed by atoms with van der Waals surface area (Å²) in [6.07, 6.45) is 2.88. The number of pyridine rings is 1. The van der Waals surface area contributed by atoms with Gasteiger partial charge in [0.2, 0.25) is 5.91 Å². The molecule has 1 fully saturated rings. The molecule has 1 aliphatic rings. The molecule has 3 aromatic rings. The van der Waals surface area contributed by atoms with Gasteiger partial charge in [0, 0.05) is 43.0 Å². The number of hydrogen-bond acceptors (Lipinski definition) is 6. The summed E-state index contributed by atoms with van der Waals surface area (Å²) in [5.41, 5.74) is 2.99. The van der Waals surface area contributed by atoms with Crippen molar-refractivity contribution in [2.24, 2.45) is 0 Å². The van der Waals surface area contributed by atoms with E-state index >= 15 is 0 Å². The third-order valence-corrected chi connectivity index (χ3v) is 5.52. The van der Waals surface area contributed by atoms with Gasteiger partial charge in [-0.25, -0.2) is 4.98 Å². The van der Waals surface area contributed by atoms with Gasteiger partial charge in [-0.3, -0.25) is 14.7 Å². The minimum atomic E-state index is -0.586. The molecule has 0 saturated carbocycles. The van der Waals surface area contributed by atoms with E-state index < -0.39 is 6.10 Å². The molecule has 144 valence electrons. The molecule has 3 heterocycles. The number of nitrogens with zero attached hydrogens (tertiary/aromatic N) is 4. The van der Waals surface area contributed by atoms with E-state index in [2.05, 4.69) is 4.98 Å². The van der Waals surface area contributed by atoms with Gasteiger partial charge in [0.05, 0.1) is 24.9 Å². The van der Waals surface area contributed by atoms with Gasteiger partial charge < -0.3 is 10.0 Å². The highest BCUT2D eigenvalue weighted by Crippen LogP contribution is 2.23. The van der Waals surface area contributed by atoms with Crippen molar-refractivity contribution in [3.8, 4) is 11.3 Å². The number of rotatable bonds is 5. The van der Waals surface area contributed by atoms with Crippen molar-refractivity contribution < 1.29 is 9.90 Å². The number of carbonyl (C=O) groups is 1. The molecule has 0 bridgehead atoms. The quantitative estimate of drug-likeness (QED) is 0.720. The second-order valence-corrected chi connectivity index (χ2v) is 7.89. The summed E-state index contributed by atoms with van der Waals surface area (Å²) in [7, 11) is 0. The van der Waals surface area contributed by atoms with Gasteiger partial charge in [-0.15, -0.1) is 11.3 Å². The Bertz CT molecular complexity index is 916. The Labute approximate surface area is 168 Å². The second-order valence-electron chi connectivity index (χ2n) is 6.95. The van der Waals surface area contributed by atoms with Crippen LogP contribution in [-0.4, -0.2) is 56.5 Å². The van der Waals surface area contributed by atoms with Gasteiger partial charge in [-0.2, -0.15) is 0 Å². The van der Waals surface area contributed by atoms with Crippen molar-refractivity contribution in [1.82, 2.24) is 19.8 Å². The molecule has 0 radical (unpaired) electrons. The van der Waals surface area contributed by atoms with E-state index in [1.165, 1.54) is 0 Å². The summed E-state index contributed by atoms with van der Waals surface area (Å²) in [4.78, 5) is 25.2. The largest absolute Gasteiger partial charge is 0.390 e. The van der Waals surface area contributed by atoms with E-state index in [1.807, 2.05) is 52.7 Å². The number of benzene rings is 1. The van der Waals surface area contributed by atoms with Gasteiger partial charge in [0.15, 0.2) is 0 Å². The molecule has 1 atom stereocenters. The normalized spacial score (nSPS) is 18.2. The van der Waals surface area contributed by atoms with Gasteiger partial charge in [-0.1, -0.05) is 36.4 Å². The Morgan fingerprint density at radius 1 is 1.11 bits per heavy atom. The summed E-state index contributed by atoms with van der Waals surface area (Å²) in [5.74, 6) is 0.0141. The summed E-state index contributed by atoms with van der Waals surface area (Å²) >= 11 is 1.58. The summed E-state index contributed by atoms with van der Waals surface area (Å²) in [5, 5.41) is 13.4. The molecule has 1 aliphatic heterocycles. The molecule has 0 spiro atoms. The molecule has 28 heavy (non-hydrogen) atoms. The summed E-state index contributed by atoms with van der Waals surface area (Å²) < 4.78 is 0. The van der Waals surface area contributed by atoms with Crippen LogP contribution in [0.1, 0.15) is 10.6 Å². The molecule has 1 aromatic carbocycles. The molecular weight excluding hydrogens is 372 g/mol. The maximum atomic E-state index is 12.7. The lowest BCUT2D eigenvalue weighted by atomic mass is 10.2. The maximum absolute atomic E-state index is 12.7. The monoisotopic (exact) mass is 394 g/mol. The number of carbonyl (C=O) groups excluding carboxylic acids is 1. The summed E-state index contributed by atoms with van der Waals surface area (Å²) in [6.45, 7) is 2.08. The zero-order valence-corrected chi connectivity index (χ0v) is 16.3. The van der Waals surface area contributed by atoms with Crippen LogP contribution in [0.4, 0.5) is 0 Å².